The van der Waals surface area contributed by atoms with E-state index in [9.17, 15) is 5.11 Å². The first kappa shape index (κ1) is 12.0. The SMILES string of the molecule is CN(CCC(C)(C)O)C(CN)C1CC1. The van der Waals surface area contributed by atoms with E-state index in [-0.39, 0.29) is 0 Å². The molecule has 84 valence electrons. The topological polar surface area (TPSA) is 49.5 Å². The minimum Gasteiger partial charge on any atom is -0.390 e. The second-order valence-electron chi connectivity index (χ2n) is 5.18. The summed E-state index contributed by atoms with van der Waals surface area (Å²) in [7, 11) is 2.11. The monoisotopic (exact) mass is 200 g/mol. The van der Waals surface area contributed by atoms with Crippen LogP contribution in [-0.4, -0.2) is 41.8 Å². The standard InChI is InChI=1S/C11H24N2O/c1-11(2,14)6-7-13(3)10(8-12)9-4-5-9/h9-10,14H,4-8,12H2,1-3H3. The van der Waals surface area contributed by atoms with Crippen LogP contribution >= 0.6 is 0 Å². The Morgan fingerprint density at radius 3 is 2.43 bits per heavy atom. The maximum atomic E-state index is 9.62. The fraction of sp³-hybridized carbons (Fsp3) is 1.00. The summed E-state index contributed by atoms with van der Waals surface area (Å²) in [5.41, 5.74) is 5.19. The van der Waals surface area contributed by atoms with Gasteiger partial charge in [-0.3, -0.25) is 0 Å². The molecular weight excluding hydrogens is 176 g/mol. The fourth-order valence-corrected chi connectivity index (χ4v) is 1.83. The number of aliphatic hydroxyl groups is 1. The van der Waals surface area contributed by atoms with E-state index in [4.69, 9.17) is 5.73 Å². The van der Waals surface area contributed by atoms with Crippen molar-refractivity contribution < 1.29 is 5.11 Å². The van der Waals surface area contributed by atoms with Crippen LogP contribution in [0.3, 0.4) is 0 Å². The quantitative estimate of drug-likeness (QED) is 0.667. The molecule has 0 aromatic heterocycles. The van der Waals surface area contributed by atoms with Crippen LogP contribution in [-0.2, 0) is 0 Å². The summed E-state index contributed by atoms with van der Waals surface area (Å²) < 4.78 is 0. The number of nitrogens with zero attached hydrogens (tertiary/aromatic N) is 1. The van der Waals surface area contributed by atoms with Crippen LogP contribution in [0, 0.1) is 5.92 Å². The lowest BCUT2D eigenvalue weighted by atomic mass is 10.0. The van der Waals surface area contributed by atoms with E-state index in [1.54, 1.807) is 0 Å². The molecule has 0 bridgehead atoms. The zero-order valence-electron chi connectivity index (χ0n) is 9.66. The molecule has 1 unspecified atom stereocenters. The van der Waals surface area contributed by atoms with Gasteiger partial charge in [0.25, 0.3) is 0 Å². The van der Waals surface area contributed by atoms with Gasteiger partial charge >= 0.3 is 0 Å². The summed E-state index contributed by atoms with van der Waals surface area (Å²) in [6.07, 6.45) is 3.47. The van der Waals surface area contributed by atoms with Gasteiger partial charge in [-0.2, -0.15) is 0 Å². The van der Waals surface area contributed by atoms with Gasteiger partial charge < -0.3 is 15.7 Å². The van der Waals surface area contributed by atoms with Crippen molar-refractivity contribution in [2.75, 3.05) is 20.1 Å². The number of rotatable bonds is 6. The molecule has 0 radical (unpaired) electrons. The molecule has 14 heavy (non-hydrogen) atoms. The zero-order valence-corrected chi connectivity index (χ0v) is 9.66. The van der Waals surface area contributed by atoms with E-state index in [0.29, 0.717) is 6.04 Å². The molecule has 1 rings (SSSR count). The van der Waals surface area contributed by atoms with Crippen LogP contribution in [0.4, 0.5) is 0 Å². The maximum Gasteiger partial charge on any atom is 0.0603 e. The first-order chi connectivity index (χ1) is 6.44. The van der Waals surface area contributed by atoms with Gasteiger partial charge in [0.1, 0.15) is 0 Å². The van der Waals surface area contributed by atoms with Crippen molar-refractivity contribution >= 4 is 0 Å². The molecule has 1 atom stereocenters. The third kappa shape index (κ3) is 3.95. The Morgan fingerprint density at radius 2 is 2.07 bits per heavy atom. The Bertz CT molecular complexity index is 173. The van der Waals surface area contributed by atoms with Gasteiger partial charge in [0.2, 0.25) is 0 Å². The van der Waals surface area contributed by atoms with Crippen molar-refractivity contribution in [1.82, 2.24) is 4.90 Å². The van der Waals surface area contributed by atoms with Crippen molar-refractivity contribution in [1.29, 1.82) is 0 Å². The molecule has 1 aliphatic carbocycles. The highest BCUT2D eigenvalue weighted by atomic mass is 16.3. The average Bonchev–Trinajstić information content (AvgIpc) is 2.85. The van der Waals surface area contributed by atoms with Gasteiger partial charge in [-0.15, -0.1) is 0 Å². The molecule has 3 heteroatoms. The van der Waals surface area contributed by atoms with Gasteiger partial charge in [0.05, 0.1) is 5.60 Å². The van der Waals surface area contributed by atoms with E-state index in [0.717, 1.165) is 25.4 Å². The number of hydrogen-bond acceptors (Lipinski definition) is 3. The minimum absolute atomic E-state index is 0.525. The van der Waals surface area contributed by atoms with Crippen LogP contribution in [0.15, 0.2) is 0 Å². The Labute approximate surface area is 87.3 Å². The minimum atomic E-state index is -0.559. The Hall–Kier alpha value is -0.120. The van der Waals surface area contributed by atoms with Gasteiger partial charge in [-0.1, -0.05) is 0 Å². The summed E-state index contributed by atoms with van der Waals surface area (Å²) in [6.45, 7) is 5.39. The summed E-state index contributed by atoms with van der Waals surface area (Å²) in [5, 5.41) is 9.62. The molecule has 3 N–H and O–H groups in total. The predicted molar refractivity (Wildman–Crippen MR) is 59.1 cm³/mol. The van der Waals surface area contributed by atoms with Crippen molar-refractivity contribution in [3.8, 4) is 0 Å². The normalized spacial score (nSPS) is 20.1. The van der Waals surface area contributed by atoms with E-state index in [2.05, 4.69) is 11.9 Å². The van der Waals surface area contributed by atoms with Crippen LogP contribution in [0.2, 0.25) is 0 Å². The maximum absolute atomic E-state index is 9.62. The Balaban J connectivity index is 2.28. The molecule has 1 fully saturated rings. The predicted octanol–water partition coefficient (Wildman–Crippen LogP) is 0.816. The molecule has 0 saturated heterocycles. The van der Waals surface area contributed by atoms with Gasteiger partial charge in [-0.25, -0.2) is 0 Å². The van der Waals surface area contributed by atoms with E-state index in [1.807, 2.05) is 13.8 Å². The second kappa shape index (κ2) is 4.60. The summed E-state index contributed by atoms with van der Waals surface area (Å²) in [4.78, 5) is 2.30. The Kier molecular flexibility index (Phi) is 3.93. The van der Waals surface area contributed by atoms with E-state index >= 15 is 0 Å². The lowest BCUT2D eigenvalue weighted by Gasteiger charge is -2.29. The molecule has 0 spiro atoms. The van der Waals surface area contributed by atoms with Crippen molar-refractivity contribution in [2.24, 2.45) is 11.7 Å². The first-order valence-electron chi connectivity index (χ1n) is 5.57. The lowest BCUT2D eigenvalue weighted by Crippen LogP contribution is -2.41. The lowest BCUT2D eigenvalue weighted by molar-refractivity contribution is 0.0545. The van der Waals surface area contributed by atoms with Crippen LogP contribution < -0.4 is 5.73 Å². The molecule has 0 heterocycles. The largest absolute Gasteiger partial charge is 0.390 e. The zero-order chi connectivity index (χ0) is 10.8. The number of hydrogen-bond donors (Lipinski definition) is 2. The summed E-state index contributed by atoms with van der Waals surface area (Å²) >= 11 is 0. The molecule has 0 aromatic rings. The number of nitrogens with two attached hydrogens (primary N) is 1. The van der Waals surface area contributed by atoms with Crippen LogP contribution in [0.25, 0.3) is 0 Å². The van der Waals surface area contributed by atoms with Gasteiger partial charge in [0.15, 0.2) is 0 Å². The van der Waals surface area contributed by atoms with Crippen molar-refractivity contribution in [3.05, 3.63) is 0 Å². The Morgan fingerprint density at radius 1 is 1.50 bits per heavy atom. The molecule has 0 aliphatic heterocycles. The molecule has 1 saturated carbocycles. The molecule has 0 amide bonds. The summed E-state index contributed by atoms with van der Waals surface area (Å²) in [6, 6.07) is 0.525. The molecular formula is C11H24N2O. The molecule has 3 nitrogen and oxygen atoms in total. The van der Waals surface area contributed by atoms with Crippen LogP contribution in [0.1, 0.15) is 33.1 Å². The average molecular weight is 200 g/mol. The highest BCUT2D eigenvalue weighted by Gasteiger charge is 2.32. The van der Waals surface area contributed by atoms with Crippen molar-refractivity contribution in [2.45, 2.75) is 44.8 Å². The first-order valence-corrected chi connectivity index (χ1v) is 5.57. The molecule has 1 aliphatic rings. The van der Waals surface area contributed by atoms with Crippen LogP contribution in [0.5, 0.6) is 0 Å². The summed E-state index contributed by atoms with van der Waals surface area (Å²) in [5.74, 6) is 0.812. The van der Waals surface area contributed by atoms with E-state index < -0.39 is 5.60 Å². The van der Waals surface area contributed by atoms with E-state index in [1.165, 1.54) is 12.8 Å². The second-order valence-corrected chi connectivity index (χ2v) is 5.18. The fourth-order valence-electron chi connectivity index (χ4n) is 1.83. The van der Waals surface area contributed by atoms with Gasteiger partial charge in [-0.05, 0) is 46.1 Å². The smallest absolute Gasteiger partial charge is 0.0603 e. The highest BCUT2D eigenvalue weighted by Crippen LogP contribution is 2.34. The third-order valence-corrected chi connectivity index (χ3v) is 3.05. The molecule has 0 aromatic carbocycles. The van der Waals surface area contributed by atoms with Gasteiger partial charge in [0, 0.05) is 19.1 Å². The van der Waals surface area contributed by atoms with Crippen molar-refractivity contribution in [3.63, 3.8) is 0 Å². The highest BCUT2D eigenvalue weighted by molar-refractivity contribution is 4.88. The number of likely N-dealkylation sites (N-methyl/N-ethyl adjacent to an activating group) is 1. The third-order valence-electron chi connectivity index (χ3n) is 3.05.